The van der Waals surface area contributed by atoms with Crippen LogP contribution in [-0.4, -0.2) is 28.4 Å². The number of carboxylic acids is 1. The fraction of sp³-hybridized carbons (Fsp3) is 0.263. The number of nitrogens with zero attached hydrogens (tertiary/aromatic N) is 1. The number of carbonyl (C=O) groups is 2. The van der Waals surface area contributed by atoms with Crippen molar-refractivity contribution >= 4 is 11.9 Å². The van der Waals surface area contributed by atoms with Crippen molar-refractivity contribution in [1.29, 1.82) is 0 Å². The van der Waals surface area contributed by atoms with Gasteiger partial charge in [0.15, 0.2) is 0 Å². The zero-order valence-electron chi connectivity index (χ0n) is 12.8. The normalized spacial score (nSPS) is 16.7. The first-order valence-electron chi connectivity index (χ1n) is 7.77. The molecule has 2 aromatic rings. The molecular weight excluding hydrogens is 290 g/mol. The molecule has 1 aliphatic rings. The molecule has 0 aromatic heterocycles. The van der Waals surface area contributed by atoms with Crippen molar-refractivity contribution < 1.29 is 14.7 Å². The van der Waals surface area contributed by atoms with E-state index in [4.69, 9.17) is 5.11 Å². The van der Waals surface area contributed by atoms with Crippen LogP contribution < -0.4 is 0 Å². The molecule has 0 saturated carbocycles. The minimum Gasteiger partial charge on any atom is -0.481 e. The number of carbonyl (C=O) groups excluding carboxylic acids is 1. The average Bonchev–Trinajstić information content (AvgIpc) is 2.59. The standard InChI is InChI=1S/C19H19NO3/c21-18(10-11-19(22)23)20-12-15-8-4-5-9-16(15)17(13-20)14-6-2-1-3-7-14/h1-9,17H,10-13H2,(H,22,23). The summed E-state index contributed by atoms with van der Waals surface area (Å²) in [4.78, 5) is 24.8. The molecular formula is C19H19NO3. The third-order valence-electron chi connectivity index (χ3n) is 4.30. The number of aliphatic carboxylic acids is 1. The molecule has 4 heteroatoms. The van der Waals surface area contributed by atoms with Crippen LogP contribution in [0, 0.1) is 0 Å². The van der Waals surface area contributed by atoms with Crippen molar-refractivity contribution in [2.24, 2.45) is 0 Å². The van der Waals surface area contributed by atoms with Crippen molar-refractivity contribution in [2.75, 3.05) is 6.54 Å². The lowest BCUT2D eigenvalue weighted by molar-refractivity contribution is -0.141. The summed E-state index contributed by atoms with van der Waals surface area (Å²) in [5, 5.41) is 8.78. The number of hydrogen-bond donors (Lipinski definition) is 1. The molecule has 23 heavy (non-hydrogen) atoms. The van der Waals surface area contributed by atoms with E-state index in [1.807, 2.05) is 36.4 Å². The molecule has 3 rings (SSSR count). The maximum absolute atomic E-state index is 12.4. The SMILES string of the molecule is O=C(O)CCC(=O)N1Cc2ccccc2C(c2ccccc2)C1. The highest BCUT2D eigenvalue weighted by molar-refractivity contribution is 5.81. The Hall–Kier alpha value is -2.62. The highest BCUT2D eigenvalue weighted by Crippen LogP contribution is 2.33. The highest BCUT2D eigenvalue weighted by Gasteiger charge is 2.28. The number of fused-ring (bicyclic) bond motifs is 1. The lowest BCUT2D eigenvalue weighted by atomic mass is 9.84. The molecule has 0 saturated heterocycles. The minimum absolute atomic E-state index is 0.0546. The molecule has 2 aromatic carbocycles. The molecule has 1 unspecified atom stereocenters. The van der Waals surface area contributed by atoms with Crippen molar-refractivity contribution in [2.45, 2.75) is 25.3 Å². The second-order valence-electron chi connectivity index (χ2n) is 5.83. The molecule has 118 valence electrons. The topological polar surface area (TPSA) is 57.6 Å². The van der Waals surface area contributed by atoms with Crippen molar-refractivity contribution in [1.82, 2.24) is 4.90 Å². The molecule has 4 nitrogen and oxygen atoms in total. The number of rotatable bonds is 4. The summed E-state index contributed by atoms with van der Waals surface area (Å²) in [6.45, 7) is 1.15. The van der Waals surface area contributed by atoms with Crippen LogP contribution in [0.1, 0.15) is 35.4 Å². The summed E-state index contributed by atoms with van der Waals surface area (Å²) in [5.74, 6) is -0.895. The minimum atomic E-state index is -0.935. The largest absolute Gasteiger partial charge is 0.481 e. The molecule has 1 N–H and O–H groups in total. The van der Waals surface area contributed by atoms with Gasteiger partial charge in [-0.3, -0.25) is 9.59 Å². The number of hydrogen-bond acceptors (Lipinski definition) is 2. The summed E-state index contributed by atoms with van der Waals surface area (Å²) in [6.07, 6.45) is -0.0635. The number of amides is 1. The second kappa shape index (κ2) is 6.65. The average molecular weight is 309 g/mol. The molecule has 1 aliphatic heterocycles. The summed E-state index contributed by atoms with van der Waals surface area (Å²) >= 11 is 0. The third kappa shape index (κ3) is 3.42. The number of carboxylic acid groups (broad SMARTS) is 1. The van der Waals surface area contributed by atoms with E-state index in [9.17, 15) is 9.59 Å². The Kier molecular flexibility index (Phi) is 4.42. The first kappa shape index (κ1) is 15.3. The van der Waals surface area contributed by atoms with E-state index >= 15 is 0 Å². The van der Waals surface area contributed by atoms with Crippen LogP contribution in [-0.2, 0) is 16.1 Å². The van der Waals surface area contributed by atoms with Crippen LogP contribution in [0.25, 0.3) is 0 Å². The van der Waals surface area contributed by atoms with E-state index in [0.29, 0.717) is 13.1 Å². The van der Waals surface area contributed by atoms with Gasteiger partial charge in [-0.25, -0.2) is 0 Å². The van der Waals surface area contributed by atoms with Crippen LogP contribution >= 0.6 is 0 Å². The molecule has 0 radical (unpaired) electrons. The van der Waals surface area contributed by atoms with Crippen LogP contribution in [0.15, 0.2) is 54.6 Å². The fourth-order valence-electron chi connectivity index (χ4n) is 3.14. The quantitative estimate of drug-likeness (QED) is 0.944. The van der Waals surface area contributed by atoms with E-state index in [0.717, 1.165) is 5.56 Å². The summed E-state index contributed by atoms with van der Waals surface area (Å²) in [6, 6.07) is 18.3. The predicted octanol–water partition coefficient (Wildman–Crippen LogP) is 3.03. The second-order valence-corrected chi connectivity index (χ2v) is 5.83. The highest BCUT2D eigenvalue weighted by atomic mass is 16.4. The Morgan fingerprint density at radius 3 is 2.43 bits per heavy atom. The molecule has 1 amide bonds. The van der Waals surface area contributed by atoms with Crippen molar-refractivity contribution in [3.8, 4) is 0 Å². The first-order valence-corrected chi connectivity index (χ1v) is 7.77. The van der Waals surface area contributed by atoms with E-state index in [1.54, 1.807) is 4.90 Å². The molecule has 0 fully saturated rings. The van der Waals surface area contributed by atoms with Gasteiger partial charge in [-0.05, 0) is 16.7 Å². The van der Waals surface area contributed by atoms with Crippen LogP contribution in [0.3, 0.4) is 0 Å². The Morgan fingerprint density at radius 1 is 1.00 bits per heavy atom. The van der Waals surface area contributed by atoms with E-state index in [2.05, 4.69) is 18.2 Å². The maximum atomic E-state index is 12.4. The van der Waals surface area contributed by atoms with Gasteiger partial charge in [0.1, 0.15) is 0 Å². The first-order chi connectivity index (χ1) is 11.1. The van der Waals surface area contributed by atoms with Gasteiger partial charge in [0, 0.05) is 25.4 Å². The van der Waals surface area contributed by atoms with E-state index in [1.165, 1.54) is 11.1 Å². The van der Waals surface area contributed by atoms with E-state index in [-0.39, 0.29) is 24.7 Å². The smallest absolute Gasteiger partial charge is 0.303 e. The lowest BCUT2D eigenvalue weighted by Crippen LogP contribution is -2.38. The Bertz CT molecular complexity index is 712. The third-order valence-corrected chi connectivity index (χ3v) is 4.30. The van der Waals surface area contributed by atoms with Gasteiger partial charge in [-0.1, -0.05) is 54.6 Å². The Labute approximate surface area is 135 Å². The molecule has 0 spiro atoms. The molecule has 0 bridgehead atoms. The van der Waals surface area contributed by atoms with Gasteiger partial charge < -0.3 is 10.0 Å². The Balaban J connectivity index is 1.87. The molecule has 1 heterocycles. The molecule has 0 aliphatic carbocycles. The van der Waals surface area contributed by atoms with Crippen molar-refractivity contribution in [3.63, 3.8) is 0 Å². The zero-order chi connectivity index (χ0) is 16.2. The van der Waals surface area contributed by atoms with Gasteiger partial charge in [0.2, 0.25) is 5.91 Å². The predicted molar refractivity (Wildman–Crippen MR) is 87.0 cm³/mol. The van der Waals surface area contributed by atoms with Crippen molar-refractivity contribution in [3.05, 3.63) is 71.3 Å². The maximum Gasteiger partial charge on any atom is 0.303 e. The summed E-state index contributed by atoms with van der Waals surface area (Å²) in [7, 11) is 0. The van der Waals surface area contributed by atoms with Gasteiger partial charge in [0.05, 0.1) is 6.42 Å². The van der Waals surface area contributed by atoms with E-state index < -0.39 is 5.97 Å². The van der Waals surface area contributed by atoms with Gasteiger partial charge >= 0.3 is 5.97 Å². The van der Waals surface area contributed by atoms with Crippen LogP contribution in [0.4, 0.5) is 0 Å². The fourth-order valence-corrected chi connectivity index (χ4v) is 3.14. The number of benzene rings is 2. The van der Waals surface area contributed by atoms with Crippen LogP contribution in [0.2, 0.25) is 0 Å². The Morgan fingerprint density at radius 2 is 1.70 bits per heavy atom. The van der Waals surface area contributed by atoms with Crippen LogP contribution in [0.5, 0.6) is 0 Å². The van der Waals surface area contributed by atoms with Gasteiger partial charge in [0.25, 0.3) is 0 Å². The lowest BCUT2D eigenvalue weighted by Gasteiger charge is -2.35. The monoisotopic (exact) mass is 309 g/mol. The zero-order valence-corrected chi connectivity index (χ0v) is 12.8. The van der Waals surface area contributed by atoms with Gasteiger partial charge in [-0.2, -0.15) is 0 Å². The molecule has 1 atom stereocenters. The summed E-state index contributed by atoms with van der Waals surface area (Å²) < 4.78 is 0. The summed E-state index contributed by atoms with van der Waals surface area (Å²) in [5.41, 5.74) is 3.56. The van der Waals surface area contributed by atoms with Gasteiger partial charge in [-0.15, -0.1) is 0 Å².